The van der Waals surface area contributed by atoms with Crippen LogP contribution in [0.25, 0.3) is 0 Å². The highest BCUT2D eigenvalue weighted by molar-refractivity contribution is 5.72. The van der Waals surface area contributed by atoms with E-state index < -0.39 is 12.0 Å². The number of ether oxygens (including phenoxy) is 2. The summed E-state index contributed by atoms with van der Waals surface area (Å²) >= 11 is 0. The standard InChI is InChI=1S/C8H16O4/c1-6(7(2)9)8(10)12-5-4-11-3/h6-7,9H,4-5H2,1-3H3/t6-,7-/m0/s1. The lowest BCUT2D eigenvalue weighted by molar-refractivity contribution is -0.152. The molecule has 1 N–H and O–H groups in total. The van der Waals surface area contributed by atoms with Crippen molar-refractivity contribution >= 4 is 5.97 Å². The lowest BCUT2D eigenvalue weighted by Gasteiger charge is -2.13. The molecule has 0 aromatic carbocycles. The Morgan fingerprint density at radius 3 is 2.42 bits per heavy atom. The van der Waals surface area contributed by atoms with Gasteiger partial charge in [-0.15, -0.1) is 0 Å². The number of methoxy groups -OCH3 is 1. The van der Waals surface area contributed by atoms with E-state index in [0.717, 1.165) is 0 Å². The minimum atomic E-state index is -0.667. The van der Waals surface area contributed by atoms with Gasteiger partial charge in [-0.25, -0.2) is 0 Å². The maximum absolute atomic E-state index is 11.0. The molecular weight excluding hydrogens is 160 g/mol. The van der Waals surface area contributed by atoms with E-state index in [1.807, 2.05) is 0 Å². The molecule has 0 rings (SSSR count). The maximum Gasteiger partial charge on any atom is 0.311 e. The average molecular weight is 176 g/mol. The first-order chi connectivity index (χ1) is 5.59. The molecule has 2 atom stereocenters. The summed E-state index contributed by atoms with van der Waals surface area (Å²) in [4.78, 5) is 11.0. The van der Waals surface area contributed by atoms with Crippen LogP contribution in [-0.4, -0.2) is 37.5 Å². The second-order valence-electron chi connectivity index (χ2n) is 2.69. The zero-order valence-corrected chi connectivity index (χ0v) is 7.74. The molecule has 72 valence electrons. The maximum atomic E-state index is 11.0. The summed E-state index contributed by atoms with van der Waals surface area (Å²) in [6.07, 6.45) is -0.667. The number of carbonyl (C=O) groups is 1. The molecule has 0 aromatic rings. The van der Waals surface area contributed by atoms with Crippen LogP contribution in [0.3, 0.4) is 0 Å². The fourth-order valence-electron chi connectivity index (χ4n) is 0.554. The number of rotatable bonds is 5. The van der Waals surface area contributed by atoms with Gasteiger partial charge in [0, 0.05) is 7.11 Å². The van der Waals surface area contributed by atoms with Crippen LogP contribution in [0.5, 0.6) is 0 Å². The molecule has 0 aliphatic heterocycles. The van der Waals surface area contributed by atoms with Crippen molar-refractivity contribution in [2.24, 2.45) is 5.92 Å². The molecule has 4 nitrogen and oxygen atoms in total. The number of hydrogen-bond donors (Lipinski definition) is 1. The number of aliphatic hydroxyl groups excluding tert-OH is 1. The van der Waals surface area contributed by atoms with E-state index in [1.54, 1.807) is 13.8 Å². The number of aliphatic hydroxyl groups is 1. The number of carbonyl (C=O) groups excluding carboxylic acids is 1. The molecule has 0 aromatic heterocycles. The lowest BCUT2D eigenvalue weighted by Crippen LogP contribution is -2.25. The molecule has 0 saturated carbocycles. The van der Waals surface area contributed by atoms with Gasteiger partial charge < -0.3 is 14.6 Å². The summed E-state index contributed by atoms with van der Waals surface area (Å²) in [5.74, 6) is -0.857. The Morgan fingerprint density at radius 2 is 2.00 bits per heavy atom. The van der Waals surface area contributed by atoms with Gasteiger partial charge in [0.15, 0.2) is 0 Å². The Labute approximate surface area is 72.5 Å². The van der Waals surface area contributed by atoms with Crippen molar-refractivity contribution in [3.63, 3.8) is 0 Å². The number of esters is 1. The normalized spacial score (nSPS) is 15.3. The van der Waals surface area contributed by atoms with E-state index in [0.29, 0.717) is 6.61 Å². The molecule has 0 spiro atoms. The Bertz CT molecular complexity index is 133. The summed E-state index contributed by atoms with van der Waals surface area (Å²) in [5, 5.41) is 9.02. The molecule has 12 heavy (non-hydrogen) atoms. The molecule has 0 amide bonds. The number of hydrogen-bond acceptors (Lipinski definition) is 4. The van der Waals surface area contributed by atoms with E-state index in [-0.39, 0.29) is 12.6 Å². The highest BCUT2D eigenvalue weighted by Gasteiger charge is 2.19. The predicted octanol–water partition coefficient (Wildman–Crippen LogP) is 0.193. The summed E-state index contributed by atoms with van der Waals surface area (Å²) in [6.45, 7) is 3.81. The van der Waals surface area contributed by atoms with Crippen LogP contribution in [0.15, 0.2) is 0 Å². The van der Waals surface area contributed by atoms with Gasteiger partial charge in [-0.1, -0.05) is 0 Å². The second-order valence-corrected chi connectivity index (χ2v) is 2.69. The SMILES string of the molecule is COCCOC(=O)[C@@H](C)[C@H](C)O. The average Bonchev–Trinajstić information content (AvgIpc) is 2.03. The van der Waals surface area contributed by atoms with Crippen molar-refractivity contribution < 1.29 is 19.4 Å². The summed E-state index contributed by atoms with van der Waals surface area (Å²) in [6, 6.07) is 0. The Balaban J connectivity index is 3.57. The highest BCUT2D eigenvalue weighted by Crippen LogP contribution is 2.03. The predicted molar refractivity (Wildman–Crippen MR) is 43.7 cm³/mol. The first-order valence-electron chi connectivity index (χ1n) is 3.93. The highest BCUT2D eigenvalue weighted by atomic mass is 16.6. The summed E-state index contributed by atoms with van der Waals surface area (Å²) < 4.78 is 9.47. The van der Waals surface area contributed by atoms with Gasteiger partial charge in [0.05, 0.1) is 18.6 Å². The van der Waals surface area contributed by atoms with Crippen LogP contribution in [-0.2, 0) is 14.3 Å². The van der Waals surface area contributed by atoms with Crippen LogP contribution in [0.2, 0.25) is 0 Å². The monoisotopic (exact) mass is 176 g/mol. The Hall–Kier alpha value is -0.610. The minimum absolute atomic E-state index is 0.242. The van der Waals surface area contributed by atoms with Gasteiger partial charge in [-0.3, -0.25) is 4.79 Å². The van der Waals surface area contributed by atoms with Gasteiger partial charge >= 0.3 is 5.97 Å². The smallest absolute Gasteiger partial charge is 0.311 e. The second kappa shape index (κ2) is 5.97. The summed E-state index contributed by atoms with van der Waals surface area (Å²) in [7, 11) is 1.53. The van der Waals surface area contributed by atoms with Crippen LogP contribution in [0.1, 0.15) is 13.8 Å². The molecule has 0 fully saturated rings. The molecule has 0 radical (unpaired) electrons. The molecule has 0 bridgehead atoms. The quantitative estimate of drug-likeness (QED) is 0.480. The van der Waals surface area contributed by atoms with E-state index in [9.17, 15) is 4.79 Å². The first kappa shape index (κ1) is 11.4. The van der Waals surface area contributed by atoms with Crippen molar-refractivity contribution in [1.82, 2.24) is 0 Å². The zero-order valence-electron chi connectivity index (χ0n) is 7.74. The van der Waals surface area contributed by atoms with Crippen molar-refractivity contribution in [2.45, 2.75) is 20.0 Å². The van der Waals surface area contributed by atoms with Crippen LogP contribution in [0, 0.1) is 5.92 Å². The van der Waals surface area contributed by atoms with E-state index in [4.69, 9.17) is 14.6 Å². The molecule has 0 aliphatic carbocycles. The van der Waals surface area contributed by atoms with Crippen molar-refractivity contribution in [3.05, 3.63) is 0 Å². The van der Waals surface area contributed by atoms with Crippen molar-refractivity contribution in [2.75, 3.05) is 20.3 Å². The molecule has 4 heteroatoms. The van der Waals surface area contributed by atoms with Gasteiger partial charge in [-0.05, 0) is 13.8 Å². The van der Waals surface area contributed by atoms with Crippen molar-refractivity contribution in [3.8, 4) is 0 Å². The molecule has 0 saturated heterocycles. The van der Waals surface area contributed by atoms with Crippen LogP contribution < -0.4 is 0 Å². The third kappa shape index (κ3) is 4.31. The Kier molecular flexibility index (Phi) is 5.66. The largest absolute Gasteiger partial charge is 0.463 e. The van der Waals surface area contributed by atoms with Gasteiger partial charge in [0.25, 0.3) is 0 Å². The van der Waals surface area contributed by atoms with Crippen LogP contribution >= 0.6 is 0 Å². The third-order valence-electron chi connectivity index (χ3n) is 1.63. The first-order valence-corrected chi connectivity index (χ1v) is 3.93. The van der Waals surface area contributed by atoms with Gasteiger partial charge in [-0.2, -0.15) is 0 Å². The van der Waals surface area contributed by atoms with E-state index in [1.165, 1.54) is 7.11 Å². The topological polar surface area (TPSA) is 55.8 Å². The molecular formula is C8H16O4. The summed E-state index contributed by atoms with van der Waals surface area (Å²) in [5.41, 5.74) is 0. The van der Waals surface area contributed by atoms with E-state index >= 15 is 0 Å². The minimum Gasteiger partial charge on any atom is -0.463 e. The fraction of sp³-hybridized carbons (Fsp3) is 0.875. The van der Waals surface area contributed by atoms with Gasteiger partial charge in [0.2, 0.25) is 0 Å². The van der Waals surface area contributed by atoms with E-state index in [2.05, 4.69) is 0 Å². The molecule has 0 unspecified atom stereocenters. The molecule has 0 aliphatic rings. The van der Waals surface area contributed by atoms with Gasteiger partial charge in [0.1, 0.15) is 6.61 Å². The van der Waals surface area contributed by atoms with Crippen molar-refractivity contribution in [1.29, 1.82) is 0 Å². The lowest BCUT2D eigenvalue weighted by atomic mass is 10.1. The zero-order chi connectivity index (χ0) is 9.56. The Morgan fingerprint density at radius 1 is 1.42 bits per heavy atom. The fourth-order valence-corrected chi connectivity index (χ4v) is 0.554. The molecule has 0 heterocycles. The van der Waals surface area contributed by atoms with Crippen LogP contribution in [0.4, 0.5) is 0 Å². The third-order valence-corrected chi connectivity index (χ3v) is 1.63.